The summed E-state index contributed by atoms with van der Waals surface area (Å²) in [6, 6.07) is 9.79. The number of rotatable bonds is 5. The van der Waals surface area contributed by atoms with Gasteiger partial charge in [-0.25, -0.2) is 0 Å². The summed E-state index contributed by atoms with van der Waals surface area (Å²) in [6.07, 6.45) is 2.19. The first kappa shape index (κ1) is 14.8. The van der Waals surface area contributed by atoms with E-state index in [4.69, 9.17) is 0 Å². The van der Waals surface area contributed by atoms with E-state index in [-0.39, 0.29) is 5.91 Å². The highest BCUT2D eigenvalue weighted by Gasteiger charge is 2.12. The number of likely N-dealkylation sites (N-methyl/N-ethyl adjacent to an activating group) is 1. The molecule has 2 aromatic rings. The Kier molecular flexibility index (Phi) is 4.95. The van der Waals surface area contributed by atoms with Crippen LogP contribution in [-0.2, 0) is 24.3 Å². The lowest BCUT2D eigenvalue weighted by atomic mass is 10.1. The Hall–Kier alpha value is -1.62. The number of nitrogens with zero attached hydrogens (tertiary/aromatic N) is 3. The first-order chi connectivity index (χ1) is 9.60. The number of aromatic nitrogens is 2. The van der Waals surface area contributed by atoms with Gasteiger partial charge in [-0.2, -0.15) is 5.10 Å². The van der Waals surface area contributed by atoms with Crippen LogP contribution < -0.4 is 0 Å². The Morgan fingerprint density at radius 2 is 2.00 bits per heavy atom. The number of amides is 1. The molecule has 20 heavy (non-hydrogen) atoms. The third kappa shape index (κ3) is 3.70. The van der Waals surface area contributed by atoms with Gasteiger partial charge in [-0.1, -0.05) is 28.1 Å². The molecule has 0 unspecified atom stereocenters. The molecule has 1 aromatic carbocycles. The van der Waals surface area contributed by atoms with Gasteiger partial charge in [0, 0.05) is 24.3 Å². The molecule has 2 rings (SSSR count). The predicted octanol–water partition coefficient (Wildman–Crippen LogP) is 2.87. The zero-order chi connectivity index (χ0) is 14.5. The quantitative estimate of drug-likeness (QED) is 0.842. The average molecular weight is 336 g/mol. The van der Waals surface area contributed by atoms with Crippen molar-refractivity contribution < 1.29 is 4.79 Å². The van der Waals surface area contributed by atoms with Crippen LogP contribution >= 0.6 is 15.9 Å². The first-order valence-electron chi connectivity index (χ1n) is 6.59. The van der Waals surface area contributed by atoms with Crippen LogP contribution in [0.5, 0.6) is 0 Å². The van der Waals surface area contributed by atoms with Crippen molar-refractivity contribution in [1.82, 2.24) is 14.7 Å². The van der Waals surface area contributed by atoms with E-state index in [2.05, 4.69) is 21.0 Å². The second kappa shape index (κ2) is 6.70. The number of carbonyl (C=O) groups excluding carboxylic acids is 1. The van der Waals surface area contributed by atoms with Crippen LogP contribution in [0.3, 0.4) is 0 Å². The van der Waals surface area contributed by atoms with Crippen LogP contribution in [0.4, 0.5) is 0 Å². The molecular weight excluding hydrogens is 318 g/mol. The summed E-state index contributed by atoms with van der Waals surface area (Å²) in [5, 5.41) is 4.21. The monoisotopic (exact) mass is 335 g/mol. The number of carbonyl (C=O) groups is 1. The lowest BCUT2D eigenvalue weighted by Gasteiger charge is -2.17. The van der Waals surface area contributed by atoms with Crippen LogP contribution in [0.15, 0.2) is 41.0 Å². The normalized spacial score (nSPS) is 10.6. The molecule has 106 valence electrons. The third-order valence-corrected chi connectivity index (χ3v) is 3.73. The van der Waals surface area contributed by atoms with E-state index in [1.54, 1.807) is 11.1 Å². The van der Waals surface area contributed by atoms with E-state index in [1.165, 1.54) is 0 Å². The Balaban J connectivity index is 1.97. The van der Waals surface area contributed by atoms with E-state index in [1.807, 2.05) is 49.0 Å². The molecule has 4 nitrogen and oxygen atoms in total. The van der Waals surface area contributed by atoms with Gasteiger partial charge in [-0.15, -0.1) is 0 Å². The molecule has 1 amide bonds. The van der Waals surface area contributed by atoms with Crippen molar-refractivity contribution in [2.24, 2.45) is 0 Å². The minimum atomic E-state index is 0.108. The van der Waals surface area contributed by atoms with Crippen molar-refractivity contribution in [2.75, 3.05) is 7.05 Å². The second-order valence-corrected chi connectivity index (χ2v) is 5.61. The van der Waals surface area contributed by atoms with Gasteiger partial charge in [0.2, 0.25) is 5.91 Å². The van der Waals surface area contributed by atoms with Gasteiger partial charge >= 0.3 is 0 Å². The maximum absolute atomic E-state index is 12.2. The third-order valence-electron chi connectivity index (χ3n) is 3.20. The molecule has 0 atom stereocenters. The van der Waals surface area contributed by atoms with E-state index in [0.29, 0.717) is 13.0 Å². The number of benzene rings is 1. The molecule has 0 spiro atoms. The minimum Gasteiger partial charge on any atom is -0.340 e. The summed E-state index contributed by atoms with van der Waals surface area (Å²) in [5.41, 5.74) is 2.08. The highest BCUT2D eigenvalue weighted by molar-refractivity contribution is 9.10. The van der Waals surface area contributed by atoms with Gasteiger partial charge in [0.15, 0.2) is 0 Å². The molecular formula is C15H18BrN3O. The molecule has 0 saturated carbocycles. The molecule has 1 heterocycles. The number of hydrogen-bond acceptors (Lipinski definition) is 2. The fraction of sp³-hybridized carbons (Fsp3) is 0.333. The molecule has 1 aromatic heterocycles. The molecule has 0 N–H and O–H groups in total. The maximum Gasteiger partial charge on any atom is 0.227 e. The van der Waals surface area contributed by atoms with Crippen molar-refractivity contribution in [3.05, 3.63) is 52.3 Å². The van der Waals surface area contributed by atoms with Gasteiger partial charge in [0.1, 0.15) is 0 Å². The van der Waals surface area contributed by atoms with Gasteiger partial charge in [0.25, 0.3) is 0 Å². The summed E-state index contributed by atoms with van der Waals surface area (Å²) in [4.78, 5) is 13.9. The highest BCUT2D eigenvalue weighted by atomic mass is 79.9. The molecule has 0 aliphatic heterocycles. The number of hydrogen-bond donors (Lipinski definition) is 0. The zero-order valence-corrected chi connectivity index (χ0v) is 13.3. The van der Waals surface area contributed by atoms with E-state index in [0.717, 1.165) is 22.3 Å². The molecule has 5 heteroatoms. The van der Waals surface area contributed by atoms with Gasteiger partial charge < -0.3 is 4.90 Å². The van der Waals surface area contributed by atoms with Crippen LogP contribution in [0.25, 0.3) is 0 Å². The summed E-state index contributed by atoms with van der Waals surface area (Å²) < 4.78 is 2.93. The lowest BCUT2D eigenvalue weighted by Crippen LogP contribution is -2.28. The molecule has 0 bridgehead atoms. The van der Waals surface area contributed by atoms with Crippen LogP contribution in [-0.4, -0.2) is 27.6 Å². The second-order valence-electron chi connectivity index (χ2n) is 4.69. The predicted molar refractivity (Wildman–Crippen MR) is 82.2 cm³/mol. The topological polar surface area (TPSA) is 38.1 Å². The van der Waals surface area contributed by atoms with E-state index < -0.39 is 0 Å². The van der Waals surface area contributed by atoms with Crippen molar-refractivity contribution in [2.45, 2.75) is 26.4 Å². The largest absolute Gasteiger partial charge is 0.340 e. The smallest absolute Gasteiger partial charge is 0.227 e. The summed E-state index contributed by atoms with van der Waals surface area (Å²) >= 11 is 3.39. The van der Waals surface area contributed by atoms with Crippen LogP contribution in [0.1, 0.15) is 18.2 Å². The fourth-order valence-electron chi connectivity index (χ4n) is 2.02. The SMILES string of the molecule is CCn1nccc1CN(C)C(=O)Cc1ccc(Br)cc1. The van der Waals surface area contributed by atoms with Gasteiger partial charge in [-0.3, -0.25) is 9.48 Å². The molecule has 0 fully saturated rings. The van der Waals surface area contributed by atoms with Gasteiger partial charge in [0.05, 0.1) is 18.7 Å². The van der Waals surface area contributed by atoms with Crippen LogP contribution in [0.2, 0.25) is 0 Å². The minimum absolute atomic E-state index is 0.108. The lowest BCUT2D eigenvalue weighted by molar-refractivity contribution is -0.129. The molecule has 0 saturated heterocycles. The molecule has 0 radical (unpaired) electrons. The number of aryl methyl sites for hydroxylation is 1. The van der Waals surface area contributed by atoms with E-state index >= 15 is 0 Å². The van der Waals surface area contributed by atoms with Crippen molar-refractivity contribution >= 4 is 21.8 Å². The van der Waals surface area contributed by atoms with E-state index in [9.17, 15) is 4.79 Å². The zero-order valence-electron chi connectivity index (χ0n) is 11.7. The van der Waals surface area contributed by atoms with Crippen molar-refractivity contribution in [3.8, 4) is 0 Å². The van der Waals surface area contributed by atoms with Crippen molar-refractivity contribution in [1.29, 1.82) is 0 Å². The van der Waals surface area contributed by atoms with Gasteiger partial charge in [-0.05, 0) is 30.7 Å². The number of halogens is 1. The van der Waals surface area contributed by atoms with Crippen molar-refractivity contribution in [3.63, 3.8) is 0 Å². The van der Waals surface area contributed by atoms with Crippen LogP contribution in [0, 0.1) is 0 Å². The molecule has 0 aliphatic rings. The summed E-state index contributed by atoms with van der Waals surface area (Å²) in [7, 11) is 1.83. The standard InChI is InChI=1S/C15H18BrN3O/c1-3-19-14(8-9-17-19)11-18(2)15(20)10-12-4-6-13(16)7-5-12/h4-9H,3,10-11H2,1-2H3. The average Bonchev–Trinajstić information content (AvgIpc) is 2.88. The highest BCUT2D eigenvalue weighted by Crippen LogP contribution is 2.12. The fourth-order valence-corrected chi connectivity index (χ4v) is 2.29. The Morgan fingerprint density at radius 3 is 2.65 bits per heavy atom. The summed E-state index contributed by atoms with van der Waals surface area (Å²) in [6.45, 7) is 3.44. The Morgan fingerprint density at radius 1 is 1.30 bits per heavy atom. The molecule has 0 aliphatic carbocycles. The summed E-state index contributed by atoms with van der Waals surface area (Å²) in [5.74, 6) is 0.108. The Bertz CT molecular complexity index is 577. The Labute approximate surface area is 127 Å². The first-order valence-corrected chi connectivity index (χ1v) is 7.38. The maximum atomic E-state index is 12.2.